The predicted molar refractivity (Wildman–Crippen MR) is 108 cm³/mol. The highest BCUT2D eigenvalue weighted by molar-refractivity contribution is 6.46. The summed E-state index contributed by atoms with van der Waals surface area (Å²) in [5.74, 6) is -1.03. The molecule has 1 saturated heterocycles. The molecule has 3 heterocycles. The van der Waals surface area contributed by atoms with Crippen LogP contribution in [0, 0.1) is 13.8 Å². The number of carbonyl (C=O) groups excluding carboxylic acids is 2. The molecule has 2 aromatic heterocycles. The normalized spacial score (nSPS) is 18.7. The number of hydrogen-bond acceptors (Lipinski definition) is 7. The number of rotatable bonds is 6. The molecule has 152 valence electrons. The van der Waals surface area contributed by atoms with Gasteiger partial charge in [0.1, 0.15) is 11.6 Å². The number of aryl methyl sites for hydroxylation is 2. The van der Waals surface area contributed by atoms with Crippen molar-refractivity contribution in [3.63, 3.8) is 0 Å². The van der Waals surface area contributed by atoms with Crippen LogP contribution in [-0.4, -0.2) is 68.7 Å². The highest BCUT2D eigenvalue weighted by Crippen LogP contribution is 2.39. The number of carbonyl (C=O) groups is 2. The molecule has 0 bridgehead atoms. The lowest BCUT2D eigenvalue weighted by Gasteiger charge is -2.25. The number of aliphatic hydroxyl groups excluding tert-OH is 1. The monoisotopic (exact) mass is 395 g/mol. The van der Waals surface area contributed by atoms with Crippen molar-refractivity contribution in [2.45, 2.75) is 26.3 Å². The number of aromatic nitrogens is 3. The van der Waals surface area contributed by atoms with Crippen LogP contribution in [0.4, 0.5) is 0 Å². The molecule has 29 heavy (non-hydrogen) atoms. The molecule has 2 aromatic rings. The minimum absolute atomic E-state index is 0.0448. The van der Waals surface area contributed by atoms with Gasteiger partial charge in [0.2, 0.25) is 0 Å². The summed E-state index contributed by atoms with van der Waals surface area (Å²) in [5, 5.41) is 11.0. The van der Waals surface area contributed by atoms with Crippen LogP contribution in [-0.2, 0) is 9.59 Å². The van der Waals surface area contributed by atoms with E-state index < -0.39 is 17.7 Å². The molecule has 8 nitrogen and oxygen atoms in total. The van der Waals surface area contributed by atoms with Crippen molar-refractivity contribution in [3.05, 3.63) is 58.9 Å². The molecule has 0 spiro atoms. The van der Waals surface area contributed by atoms with Crippen molar-refractivity contribution in [2.24, 2.45) is 0 Å². The Morgan fingerprint density at radius 2 is 2.00 bits per heavy atom. The van der Waals surface area contributed by atoms with E-state index >= 15 is 0 Å². The maximum absolute atomic E-state index is 12.9. The average molecular weight is 395 g/mol. The van der Waals surface area contributed by atoms with E-state index in [9.17, 15) is 14.7 Å². The van der Waals surface area contributed by atoms with E-state index in [4.69, 9.17) is 0 Å². The Bertz CT molecular complexity index is 956. The van der Waals surface area contributed by atoms with Gasteiger partial charge < -0.3 is 14.9 Å². The van der Waals surface area contributed by atoms with Crippen LogP contribution >= 0.6 is 0 Å². The van der Waals surface area contributed by atoms with E-state index in [0.29, 0.717) is 35.6 Å². The van der Waals surface area contributed by atoms with Crippen LogP contribution in [0.1, 0.15) is 35.1 Å². The Kier molecular flexibility index (Phi) is 6.03. The van der Waals surface area contributed by atoms with Gasteiger partial charge in [-0.1, -0.05) is 6.07 Å². The first kappa shape index (κ1) is 20.6. The number of pyridine rings is 1. The van der Waals surface area contributed by atoms with E-state index in [1.807, 2.05) is 19.0 Å². The van der Waals surface area contributed by atoms with Gasteiger partial charge in [0.25, 0.3) is 11.7 Å². The molecule has 0 unspecified atom stereocenters. The fourth-order valence-corrected chi connectivity index (χ4v) is 3.51. The van der Waals surface area contributed by atoms with Crippen LogP contribution in [0.15, 0.2) is 36.3 Å². The summed E-state index contributed by atoms with van der Waals surface area (Å²) in [6.07, 6.45) is 5.41. The summed E-state index contributed by atoms with van der Waals surface area (Å²) in [6.45, 7) is 4.64. The molecular weight excluding hydrogens is 370 g/mol. The fraction of sp³-hybridized carbons (Fsp3) is 0.381. The zero-order valence-corrected chi connectivity index (χ0v) is 17.1. The molecule has 8 heteroatoms. The van der Waals surface area contributed by atoms with Gasteiger partial charge in [-0.15, -0.1) is 0 Å². The van der Waals surface area contributed by atoms with Gasteiger partial charge in [-0.25, -0.2) is 9.97 Å². The predicted octanol–water partition coefficient (Wildman–Crippen LogP) is 1.86. The molecular formula is C21H25N5O3. The Hall–Kier alpha value is -3.13. The van der Waals surface area contributed by atoms with E-state index in [2.05, 4.69) is 15.0 Å². The molecule has 0 radical (unpaired) electrons. The van der Waals surface area contributed by atoms with Crippen molar-refractivity contribution in [3.8, 4) is 0 Å². The third-order valence-electron chi connectivity index (χ3n) is 4.90. The summed E-state index contributed by atoms with van der Waals surface area (Å²) < 4.78 is 0. The Labute approximate surface area is 169 Å². The summed E-state index contributed by atoms with van der Waals surface area (Å²) in [7, 11) is 3.90. The van der Waals surface area contributed by atoms with Crippen LogP contribution in [0.2, 0.25) is 0 Å². The van der Waals surface area contributed by atoms with Gasteiger partial charge in [0, 0.05) is 25.1 Å². The molecule has 3 rings (SSSR count). The number of ketones is 1. The molecule has 0 saturated carbocycles. The van der Waals surface area contributed by atoms with E-state index in [-0.39, 0.29) is 11.3 Å². The minimum Gasteiger partial charge on any atom is -0.507 e. The lowest BCUT2D eigenvalue weighted by atomic mass is 9.96. The second-order valence-corrected chi connectivity index (χ2v) is 7.35. The first-order valence-electron chi connectivity index (χ1n) is 9.45. The summed E-state index contributed by atoms with van der Waals surface area (Å²) >= 11 is 0. The standard InChI is InChI=1S/C21H25N5O3/c1-13-16(12-23-14(2)24-13)19(27)17-18(15-7-5-8-22-11-15)26(21(29)20(17)28)10-6-9-25(3)4/h5,7-8,11-12,18,27H,6,9-10H2,1-4H3/t18-/m0/s1. The molecule has 1 fully saturated rings. The summed E-state index contributed by atoms with van der Waals surface area (Å²) in [4.78, 5) is 41.8. The quantitative estimate of drug-likeness (QED) is 0.453. The molecule has 0 aliphatic carbocycles. The van der Waals surface area contributed by atoms with Crippen molar-refractivity contribution in [1.82, 2.24) is 24.8 Å². The Morgan fingerprint density at radius 3 is 2.62 bits per heavy atom. The first-order chi connectivity index (χ1) is 13.8. The Morgan fingerprint density at radius 1 is 1.24 bits per heavy atom. The average Bonchev–Trinajstić information content (AvgIpc) is 2.93. The van der Waals surface area contributed by atoms with Gasteiger partial charge in [-0.05, 0) is 52.5 Å². The van der Waals surface area contributed by atoms with Crippen LogP contribution < -0.4 is 0 Å². The number of aliphatic hydroxyl groups is 1. The van der Waals surface area contributed by atoms with Gasteiger partial charge >= 0.3 is 0 Å². The molecule has 1 N–H and O–H groups in total. The maximum Gasteiger partial charge on any atom is 0.295 e. The fourth-order valence-electron chi connectivity index (χ4n) is 3.51. The summed E-state index contributed by atoms with van der Waals surface area (Å²) in [5.41, 5.74) is 1.60. The van der Waals surface area contributed by atoms with Crippen LogP contribution in [0.25, 0.3) is 5.76 Å². The Balaban J connectivity index is 2.10. The van der Waals surface area contributed by atoms with E-state index in [1.165, 1.54) is 11.1 Å². The molecule has 1 aliphatic heterocycles. The number of amides is 1. The molecule has 1 aliphatic rings. The van der Waals surface area contributed by atoms with E-state index in [0.717, 1.165) is 6.54 Å². The number of Topliss-reactive ketones (excluding diaryl/α,β-unsaturated/α-hetero) is 1. The molecule has 1 atom stereocenters. The van der Waals surface area contributed by atoms with Crippen LogP contribution in [0.5, 0.6) is 0 Å². The SMILES string of the molecule is Cc1ncc(C(O)=C2C(=O)C(=O)N(CCCN(C)C)[C@H]2c2cccnc2)c(C)n1. The number of hydrogen-bond donors (Lipinski definition) is 1. The van der Waals surface area contributed by atoms with Crippen molar-refractivity contribution in [2.75, 3.05) is 27.2 Å². The lowest BCUT2D eigenvalue weighted by Crippen LogP contribution is -2.32. The molecule has 1 amide bonds. The van der Waals surface area contributed by atoms with Gasteiger partial charge in [0.05, 0.1) is 22.9 Å². The van der Waals surface area contributed by atoms with E-state index in [1.54, 1.807) is 38.4 Å². The topological polar surface area (TPSA) is 99.5 Å². The highest BCUT2D eigenvalue weighted by Gasteiger charge is 2.46. The lowest BCUT2D eigenvalue weighted by molar-refractivity contribution is -0.139. The van der Waals surface area contributed by atoms with Gasteiger partial charge in [0.15, 0.2) is 0 Å². The second kappa shape index (κ2) is 8.48. The van der Waals surface area contributed by atoms with Gasteiger partial charge in [-0.3, -0.25) is 14.6 Å². The van der Waals surface area contributed by atoms with Crippen molar-refractivity contribution < 1.29 is 14.7 Å². The molecule has 0 aromatic carbocycles. The van der Waals surface area contributed by atoms with Gasteiger partial charge in [-0.2, -0.15) is 0 Å². The number of nitrogens with zero attached hydrogens (tertiary/aromatic N) is 5. The highest BCUT2D eigenvalue weighted by atomic mass is 16.3. The third-order valence-corrected chi connectivity index (χ3v) is 4.90. The van der Waals surface area contributed by atoms with Crippen molar-refractivity contribution >= 4 is 17.4 Å². The third kappa shape index (κ3) is 4.17. The minimum atomic E-state index is -0.707. The zero-order valence-electron chi connectivity index (χ0n) is 17.1. The van der Waals surface area contributed by atoms with Crippen LogP contribution in [0.3, 0.4) is 0 Å². The largest absolute Gasteiger partial charge is 0.507 e. The maximum atomic E-state index is 12.9. The smallest absolute Gasteiger partial charge is 0.295 e. The first-order valence-corrected chi connectivity index (χ1v) is 9.45. The second-order valence-electron chi connectivity index (χ2n) is 7.35. The zero-order chi connectivity index (χ0) is 21.1. The summed E-state index contributed by atoms with van der Waals surface area (Å²) in [6, 6.07) is 2.84. The number of likely N-dealkylation sites (tertiary alicyclic amines) is 1. The van der Waals surface area contributed by atoms with Crippen molar-refractivity contribution in [1.29, 1.82) is 0 Å².